The Morgan fingerprint density at radius 3 is 2.41 bits per heavy atom. The molecular formula is C23H21F3N2O. The number of aryl methyl sites for hydroxylation is 2. The fourth-order valence-corrected chi connectivity index (χ4v) is 4.09. The van der Waals surface area contributed by atoms with Crippen LogP contribution in [0.2, 0.25) is 0 Å². The molecule has 0 amide bonds. The van der Waals surface area contributed by atoms with Crippen LogP contribution in [0.3, 0.4) is 0 Å². The lowest BCUT2D eigenvalue weighted by molar-refractivity contribution is -0.145. The summed E-state index contributed by atoms with van der Waals surface area (Å²) < 4.78 is 46.6. The van der Waals surface area contributed by atoms with Crippen molar-refractivity contribution < 1.29 is 17.6 Å². The molecule has 29 heavy (non-hydrogen) atoms. The maximum atomic E-state index is 13.6. The second-order valence-corrected chi connectivity index (χ2v) is 7.58. The number of hydrogen-bond acceptors (Lipinski definition) is 3. The first-order valence-electron chi connectivity index (χ1n) is 9.41. The minimum absolute atomic E-state index is 0.189. The van der Waals surface area contributed by atoms with Crippen LogP contribution in [0, 0.1) is 13.8 Å². The summed E-state index contributed by atoms with van der Waals surface area (Å²) in [7, 11) is 0. The first-order chi connectivity index (χ1) is 13.7. The van der Waals surface area contributed by atoms with E-state index in [4.69, 9.17) is 4.42 Å². The summed E-state index contributed by atoms with van der Waals surface area (Å²) in [5, 5.41) is 3.10. The Morgan fingerprint density at radius 1 is 1.07 bits per heavy atom. The number of allylic oxidation sites excluding steroid dienone is 1. The van der Waals surface area contributed by atoms with Crippen LogP contribution in [0.1, 0.15) is 41.0 Å². The first-order valence-corrected chi connectivity index (χ1v) is 9.41. The van der Waals surface area contributed by atoms with Crippen molar-refractivity contribution in [2.24, 2.45) is 0 Å². The lowest BCUT2D eigenvalue weighted by atomic mass is 9.69. The number of fused-ring (bicyclic) bond motifs is 1. The van der Waals surface area contributed by atoms with Gasteiger partial charge in [-0.2, -0.15) is 18.2 Å². The van der Waals surface area contributed by atoms with E-state index in [-0.39, 0.29) is 12.4 Å². The molecule has 3 nitrogen and oxygen atoms in total. The van der Waals surface area contributed by atoms with Crippen LogP contribution in [0.5, 0.6) is 0 Å². The van der Waals surface area contributed by atoms with Gasteiger partial charge in [-0.15, -0.1) is 0 Å². The van der Waals surface area contributed by atoms with Gasteiger partial charge < -0.3 is 9.73 Å². The zero-order chi connectivity index (χ0) is 20.6. The molecule has 6 heteroatoms. The van der Waals surface area contributed by atoms with Crippen molar-refractivity contribution in [1.82, 2.24) is 4.98 Å². The highest BCUT2D eigenvalue weighted by Crippen LogP contribution is 2.48. The van der Waals surface area contributed by atoms with Gasteiger partial charge in [0.05, 0.1) is 17.5 Å². The number of hydrogen-bond donors (Lipinski definition) is 1. The number of nitrogens with zero attached hydrogens (tertiary/aromatic N) is 1. The summed E-state index contributed by atoms with van der Waals surface area (Å²) in [6, 6.07) is 14.8. The smallest absolute Gasteiger partial charge is 0.390 e. The molecule has 1 heterocycles. The Labute approximate surface area is 167 Å². The molecular weight excluding hydrogens is 377 g/mol. The van der Waals surface area contributed by atoms with Gasteiger partial charge in [-0.3, -0.25) is 0 Å². The molecule has 1 aromatic heterocycles. The van der Waals surface area contributed by atoms with Gasteiger partial charge in [0.25, 0.3) is 6.01 Å². The molecule has 1 aliphatic carbocycles. The van der Waals surface area contributed by atoms with E-state index in [2.05, 4.69) is 10.3 Å². The van der Waals surface area contributed by atoms with Crippen LogP contribution in [-0.2, 0) is 5.41 Å². The molecule has 4 rings (SSSR count). The number of nitrogens with one attached hydrogen (secondary N) is 1. The van der Waals surface area contributed by atoms with E-state index in [1.807, 2.05) is 32.0 Å². The fourth-order valence-electron chi connectivity index (χ4n) is 4.09. The molecule has 0 spiro atoms. The predicted molar refractivity (Wildman–Crippen MR) is 107 cm³/mol. The van der Waals surface area contributed by atoms with Crippen LogP contribution in [0.15, 0.2) is 59.0 Å². The Bertz CT molecular complexity index is 1030. The second-order valence-electron chi connectivity index (χ2n) is 7.58. The van der Waals surface area contributed by atoms with Gasteiger partial charge in [-0.1, -0.05) is 42.5 Å². The summed E-state index contributed by atoms with van der Waals surface area (Å²) in [6.07, 6.45) is -1.71. The number of rotatable bonds is 4. The van der Waals surface area contributed by atoms with E-state index in [0.29, 0.717) is 17.0 Å². The quantitative estimate of drug-likeness (QED) is 0.532. The highest BCUT2D eigenvalue weighted by molar-refractivity contribution is 5.61. The number of oxazole rings is 1. The fraction of sp³-hybridized carbons (Fsp3) is 0.261. The van der Waals surface area contributed by atoms with Crippen LogP contribution in [-0.4, -0.2) is 11.2 Å². The van der Waals surface area contributed by atoms with Gasteiger partial charge in [0.1, 0.15) is 0 Å². The van der Waals surface area contributed by atoms with Crippen molar-refractivity contribution >= 4 is 17.8 Å². The van der Waals surface area contributed by atoms with E-state index < -0.39 is 18.0 Å². The van der Waals surface area contributed by atoms with Gasteiger partial charge >= 0.3 is 6.18 Å². The third kappa shape index (κ3) is 3.92. The van der Waals surface area contributed by atoms with Gasteiger partial charge in [0.2, 0.25) is 0 Å². The average Bonchev–Trinajstić information content (AvgIpc) is 3.04. The Morgan fingerprint density at radius 2 is 1.76 bits per heavy atom. The molecule has 1 unspecified atom stereocenters. The molecule has 150 valence electrons. The number of benzene rings is 2. The summed E-state index contributed by atoms with van der Waals surface area (Å²) >= 11 is 0. The summed E-state index contributed by atoms with van der Waals surface area (Å²) in [5.74, 6) is 0.358. The van der Waals surface area contributed by atoms with Crippen LogP contribution in [0.25, 0.3) is 6.08 Å². The summed E-state index contributed by atoms with van der Waals surface area (Å²) in [5.41, 5.74) is 2.50. The minimum Gasteiger partial charge on any atom is -0.424 e. The van der Waals surface area contributed by atoms with Crippen molar-refractivity contribution in [1.29, 1.82) is 0 Å². The molecule has 0 saturated heterocycles. The van der Waals surface area contributed by atoms with Gasteiger partial charge in [0.15, 0.2) is 5.76 Å². The SMILES string of the molecule is Cc1cc(C)cc(Nc2nc3c(o2)C=CCC3(CC(F)(F)F)c2ccccc2)c1. The third-order valence-electron chi connectivity index (χ3n) is 5.14. The highest BCUT2D eigenvalue weighted by Gasteiger charge is 2.48. The molecule has 1 atom stereocenters. The predicted octanol–water partition coefficient (Wildman–Crippen LogP) is 6.69. The number of anilines is 2. The number of aromatic nitrogens is 1. The van der Waals surface area contributed by atoms with Crippen LogP contribution in [0.4, 0.5) is 24.9 Å². The van der Waals surface area contributed by atoms with Crippen molar-refractivity contribution in [2.75, 3.05) is 5.32 Å². The van der Waals surface area contributed by atoms with Crippen molar-refractivity contribution in [3.63, 3.8) is 0 Å². The number of alkyl halides is 3. The molecule has 3 aromatic rings. The van der Waals surface area contributed by atoms with Gasteiger partial charge in [-0.05, 0) is 55.2 Å². The standard InChI is InChI=1S/C23H21F3N2O/c1-15-11-16(2)13-18(12-15)27-21-28-20-19(29-21)9-6-10-22(20,14-23(24,25)26)17-7-4-3-5-8-17/h3-9,11-13H,10,14H2,1-2H3,(H,27,28). The molecule has 1 aliphatic rings. The van der Waals surface area contributed by atoms with E-state index in [9.17, 15) is 13.2 Å². The Kier molecular flexibility index (Phi) is 4.73. The monoisotopic (exact) mass is 398 g/mol. The van der Waals surface area contributed by atoms with Gasteiger partial charge in [-0.25, -0.2) is 0 Å². The molecule has 2 aromatic carbocycles. The summed E-state index contributed by atoms with van der Waals surface area (Å²) in [4.78, 5) is 4.49. The maximum absolute atomic E-state index is 13.6. The minimum atomic E-state index is -4.35. The first kappa shape index (κ1) is 19.3. The molecule has 0 saturated carbocycles. The topological polar surface area (TPSA) is 38.1 Å². The normalized spacial score (nSPS) is 18.5. The van der Waals surface area contributed by atoms with E-state index in [1.165, 1.54) is 0 Å². The van der Waals surface area contributed by atoms with Crippen molar-refractivity contribution in [3.05, 3.63) is 82.8 Å². The van der Waals surface area contributed by atoms with E-state index in [0.717, 1.165) is 16.8 Å². The third-order valence-corrected chi connectivity index (χ3v) is 5.14. The van der Waals surface area contributed by atoms with Crippen LogP contribution < -0.4 is 5.32 Å². The zero-order valence-electron chi connectivity index (χ0n) is 16.2. The maximum Gasteiger partial charge on any atom is 0.390 e. The zero-order valence-corrected chi connectivity index (χ0v) is 16.2. The molecule has 0 fully saturated rings. The Hall–Kier alpha value is -3.02. The van der Waals surface area contributed by atoms with Crippen LogP contribution >= 0.6 is 0 Å². The average molecular weight is 398 g/mol. The van der Waals surface area contributed by atoms with E-state index >= 15 is 0 Å². The van der Waals surface area contributed by atoms with Gasteiger partial charge in [0, 0.05) is 5.69 Å². The Balaban J connectivity index is 1.79. The molecule has 0 radical (unpaired) electrons. The lowest BCUT2D eigenvalue weighted by Gasteiger charge is -2.34. The number of halogens is 3. The van der Waals surface area contributed by atoms with Crippen molar-refractivity contribution in [3.8, 4) is 0 Å². The lowest BCUT2D eigenvalue weighted by Crippen LogP contribution is -2.35. The van der Waals surface area contributed by atoms with Crippen molar-refractivity contribution in [2.45, 2.75) is 38.3 Å². The highest BCUT2D eigenvalue weighted by atomic mass is 19.4. The second kappa shape index (κ2) is 7.10. The molecule has 1 N–H and O–H groups in total. The largest absolute Gasteiger partial charge is 0.424 e. The molecule has 0 bridgehead atoms. The van der Waals surface area contributed by atoms with E-state index in [1.54, 1.807) is 42.5 Å². The molecule has 0 aliphatic heterocycles. The summed E-state index contributed by atoms with van der Waals surface area (Å²) in [6.45, 7) is 3.95.